The molecule has 3 N–H and O–H groups in total. The van der Waals surface area contributed by atoms with E-state index in [2.05, 4.69) is 0 Å². The van der Waals surface area contributed by atoms with Crippen LogP contribution in [0.2, 0.25) is 0 Å². The van der Waals surface area contributed by atoms with Crippen molar-refractivity contribution in [2.24, 2.45) is 5.92 Å². The van der Waals surface area contributed by atoms with Crippen LogP contribution < -0.4 is 0 Å². The van der Waals surface area contributed by atoms with Gasteiger partial charge in [-0.3, -0.25) is 9.59 Å². The van der Waals surface area contributed by atoms with Gasteiger partial charge in [-0.05, 0) is 30.0 Å². The van der Waals surface area contributed by atoms with Crippen LogP contribution in [-0.2, 0) is 11.2 Å². The van der Waals surface area contributed by atoms with E-state index in [0.717, 1.165) is 12.5 Å². The number of aliphatic hydroxyl groups is 1. The summed E-state index contributed by atoms with van der Waals surface area (Å²) in [5.41, 5.74) is -0.430. The molecule has 0 radical (unpaired) electrons. The maximum Gasteiger partial charge on any atom is 0.169 e. The normalized spacial score (nSPS) is 22.2. The highest BCUT2D eigenvalue weighted by Gasteiger charge is 2.40. The Kier molecular flexibility index (Phi) is 5.13. The van der Waals surface area contributed by atoms with Crippen LogP contribution in [0.1, 0.15) is 56.0 Å². The molecule has 0 bridgehead atoms. The molecule has 1 aromatic rings. The van der Waals surface area contributed by atoms with Crippen LogP contribution in [0.4, 0.5) is 0 Å². The van der Waals surface area contributed by atoms with E-state index >= 15 is 0 Å². The first-order chi connectivity index (χ1) is 11.1. The Hall–Kier alpha value is -2.14. The van der Waals surface area contributed by atoms with E-state index in [1.807, 2.05) is 19.9 Å². The monoisotopic (exact) mass is 332 g/mol. The van der Waals surface area contributed by atoms with Gasteiger partial charge in [0.25, 0.3) is 0 Å². The fourth-order valence-electron chi connectivity index (χ4n) is 3.14. The zero-order valence-corrected chi connectivity index (χ0v) is 14.3. The van der Waals surface area contributed by atoms with Gasteiger partial charge in [-0.15, -0.1) is 0 Å². The highest BCUT2D eigenvalue weighted by Crippen LogP contribution is 2.38. The lowest BCUT2D eigenvalue weighted by Gasteiger charge is -2.32. The lowest BCUT2D eigenvalue weighted by molar-refractivity contribution is -0.120. The van der Waals surface area contributed by atoms with Gasteiger partial charge >= 0.3 is 0 Å². The first-order valence-corrected chi connectivity index (χ1v) is 8.17. The third-order valence-electron chi connectivity index (χ3n) is 4.58. The quantitative estimate of drug-likeness (QED) is 0.721. The number of carbonyl (C=O) groups is 2. The van der Waals surface area contributed by atoms with E-state index in [1.54, 1.807) is 6.92 Å². The van der Waals surface area contributed by atoms with Crippen molar-refractivity contribution in [3.63, 3.8) is 0 Å². The Bertz CT molecular complexity index is 704. The maximum atomic E-state index is 12.4. The molecule has 130 valence electrons. The van der Waals surface area contributed by atoms with Gasteiger partial charge in [-0.1, -0.05) is 26.3 Å². The van der Waals surface area contributed by atoms with Crippen molar-refractivity contribution in [3.05, 3.63) is 34.9 Å². The number of Topliss-reactive ketones (excluding diaryl/α,β-unsaturated/α-hetero) is 2. The van der Waals surface area contributed by atoms with Gasteiger partial charge in [0, 0.05) is 25.3 Å². The Labute approximate surface area is 141 Å². The number of phenols is 2. The number of hydrogen-bond donors (Lipinski definition) is 3. The van der Waals surface area contributed by atoms with Crippen LogP contribution >= 0.6 is 0 Å². The first kappa shape index (κ1) is 18.2. The zero-order valence-electron chi connectivity index (χ0n) is 14.3. The third kappa shape index (κ3) is 3.85. The average Bonchev–Trinajstić information content (AvgIpc) is 2.44. The Balaban J connectivity index is 2.24. The predicted octanol–water partition coefficient (Wildman–Crippen LogP) is 2.91. The number of carbonyl (C=O) groups excluding carboxylic acids is 2. The zero-order chi connectivity index (χ0) is 18.1. The highest BCUT2D eigenvalue weighted by molar-refractivity contribution is 6.03. The minimum absolute atomic E-state index is 0.0401. The van der Waals surface area contributed by atoms with E-state index in [-0.39, 0.29) is 48.0 Å². The summed E-state index contributed by atoms with van der Waals surface area (Å²) >= 11 is 0. The number of aromatic hydroxyl groups is 2. The van der Waals surface area contributed by atoms with Crippen LogP contribution in [0.3, 0.4) is 0 Å². The van der Waals surface area contributed by atoms with Gasteiger partial charge in [0.2, 0.25) is 0 Å². The number of allylic oxidation sites excluding steroid dienone is 2. The van der Waals surface area contributed by atoms with Crippen molar-refractivity contribution in [3.8, 4) is 11.5 Å². The average molecular weight is 332 g/mol. The molecule has 0 amide bonds. The van der Waals surface area contributed by atoms with Crippen LogP contribution in [0.5, 0.6) is 11.5 Å². The molecule has 0 saturated heterocycles. The molecule has 0 saturated carbocycles. The molecule has 5 nitrogen and oxygen atoms in total. The smallest absolute Gasteiger partial charge is 0.169 e. The van der Waals surface area contributed by atoms with Crippen LogP contribution in [0.25, 0.3) is 0 Å². The number of benzene rings is 1. The highest BCUT2D eigenvalue weighted by atomic mass is 16.3. The second-order valence-electron chi connectivity index (χ2n) is 6.84. The molecule has 1 aromatic carbocycles. The molecule has 0 spiro atoms. The van der Waals surface area contributed by atoms with Crippen molar-refractivity contribution in [1.82, 2.24) is 0 Å². The number of phenolic OH excluding ortho intramolecular Hbond substituents is 2. The molecule has 0 fully saturated rings. The molecule has 1 aliphatic rings. The predicted molar refractivity (Wildman–Crippen MR) is 90.2 cm³/mol. The minimum Gasteiger partial charge on any atom is -0.508 e. The molecule has 2 rings (SSSR count). The minimum atomic E-state index is -1.49. The van der Waals surface area contributed by atoms with E-state index in [9.17, 15) is 24.9 Å². The molecule has 0 aliphatic heterocycles. The van der Waals surface area contributed by atoms with Gasteiger partial charge in [-0.2, -0.15) is 0 Å². The van der Waals surface area contributed by atoms with Crippen molar-refractivity contribution in [2.75, 3.05) is 0 Å². The Morgan fingerprint density at radius 2 is 2.00 bits per heavy atom. The number of fused-ring (bicyclic) bond motifs is 1. The molecule has 5 heteroatoms. The van der Waals surface area contributed by atoms with Gasteiger partial charge in [-0.25, -0.2) is 0 Å². The molecule has 2 atom stereocenters. The number of ketones is 2. The molecule has 0 aromatic heterocycles. The second kappa shape index (κ2) is 6.77. The molecule has 0 heterocycles. The molecule has 24 heavy (non-hydrogen) atoms. The third-order valence-corrected chi connectivity index (χ3v) is 4.58. The summed E-state index contributed by atoms with van der Waals surface area (Å²) in [5.74, 6) is -0.823. The SMILES string of the molecule is CCC(C)/C=C(\C)C(=O)CC1(O)CC(=O)c2c(O)cc(O)cc2C1. The number of rotatable bonds is 5. The Morgan fingerprint density at radius 1 is 1.33 bits per heavy atom. The fourth-order valence-corrected chi connectivity index (χ4v) is 3.14. The van der Waals surface area contributed by atoms with E-state index < -0.39 is 11.4 Å². The van der Waals surface area contributed by atoms with Gasteiger partial charge in [0.1, 0.15) is 11.5 Å². The fraction of sp³-hybridized carbons (Fsp3) is 0.474. The van der Waals surface area contributed by atoms with Crippen molar-refractivity contribution >= 4 is 11.6 Å². The van der Waals surface area contributed by atoms with Gasteiger partial charge < -0.3 is 15.3 Å². The largest absolute Gasteiger partial charge is 0.508 e. The summed E-state index contributed by atoms with van der Waals surface area (Å²) in [7, 11) is 0. The van der Waals surface area contributed by atoms with E-state index in [0.29, 0.717) is 11.1 Å². The van der Waals surface area contributed by atoms with E-state index in [1.165, 1.54) is 6.07 Å². The molecule has 2 unspecified atom stereocenters. The van der Waals surface area contributed by atoms with Crippen LogP contribution in [0, 0.1) is 5.92 Å². The summed E-state index contributed by atoms with van der Waals surface area (Å²) in [6.07, 6.45) is 2.45. The maximum absolute atomic E-state index is 12.4. The summed E-state index contributed by atoms with van der Waals surface area (Å²) in [5, 5.41) is 30.2. The lowest BCUT2D eigenvalue weighted by atomic mass is 9.76. The lowest BCUT2D eigenvalue weighted by Crippen LogP contribution is -2.40. The Morgan fingerprint density at radius 3 is 2.62 bits per heavy atom. The van der Waals surface area contributed by atoms with Crippen molar-refractivity contribution < 1.29 is 24.9 Å². The summed E-state index contributed by atoms with van der Waals surface area (Å²) in [4.78, 5) is 24.7. The summed E-state index contributed by atoms with van der Waals surface area (Å²) < 4.78 is 0. The first-order valence-electron chi connectivity index (χ1n) is 8.17. The summed E-state index contributed by atoms with van der Waals surface area (Å²) in [6, 6.07) is 2.45. The topological polar surface area (TPSA) is 94.8 Å². The standard InChI is InChI=1S/C19H24O5/c1-4-11(2)5-12(3)16(22)9-19(24)8-13-6-14(20)7-15(21)18(13)17(23)10-19/h5-7,11,20-21,24H,4,8-10H2,1-3H3/b12-5+. The van der Waals surface area contributed by atoms with Gasteiger partial charge in [0.15, 0.2) is 11.6 Å². The van der Waals surface area contributed by atoms with Crippen molar-refractivity contribution in [2.45, 2.75) is 52.1 Å². The molecular formula is C19H24O5. The van der Waals surface area contributed by atoms with Gasteiger partial charge in [0.05, 0.1) is 11.2 Å². The summed E-state index contributed by atoms with van der Waals surface area (Å²) in [6.45, 7) is 5.76. The van der Waals surface area contributed by atoms with Crippen LogP contribution in [0.15, 0.2) is 23.8 Å². The van der Waals surface area contributed by atoms with E-state index in [4.69, 9.17) is 0 Å². The second-order valence-corrected chi connectivity index (χ2v) is 6.84. The number of hydrogen-bond acceptors (Lipinski definition) is 5. The molecular weight excluding hydrogens is 308 g/mol. The van der Waals surface area contributed by atoms with Crippen LogP contribution in [-0.4, -0.2) is 32.5 Å². The molecule has 1 aliphatic carbocycles. The van der Waals surface area contributed by atoms with Crippen molar-refractivity contribution in [1.29, 1.82) is 0 Å².